The Labute approximate surface area is 138 Å². The van der Waals surface area contributed by atoms with Crippen molar-refractivity contribution in [3.05, 3.63) is 41.4 Å². The Morgan fingerprint density at radius 1 is 1.10 bits per heavy atom. The van der Waals surface area contributed by atoms with Gasteiger partial charge in [0.25, 0.3) is 0 Å². The molecule has 2 aromatic rings. The molecule has 0 aromatic carbocycles. The van der Waals surface area contributed by atoms with Crippen LogP contribution in [0.3, 0.4) is 0 Å². The summed E-state index contributed by atoms with van der Waals surface area (Å²) in [7, 11) is -1.45. The van der Waals surface area contributed by atoms with Gasteiger partial charge in [-0.15, -0.1) is 22.7 Å². The molecule has 2 heterocycles. The van der Waals surface area contributed by atoms with E-state index < -0.39 is 8.07 Å². The second-order valence-electron chi connectivity index (χ2n) is 5.75. The van der Waals surface area contributed by atoms with Gasteiger partial charge in [-0.05, 0) is 35.1 Å². The molecule has 0 aliphatic rings. The normalized spacial score (nSPS) is 12.6. The monoisotopic (exact) mass is 335 g/mol. The molecular formula is C17H25NS2Si. The van der Waals surface area contributed by atoms with E-state index in [-0.39, 0.29) is 0 Å². The molecule has 0 saturated carbocycles. The highest BCUT2D eigenvalue weighted by Crippen LogP contribution is 2.29. The van der Waals surface area contributed by atoms with Gasteiger partial charge < -0.3 is 4.90 Å². The molecule has 0 aliphatic carbocycles. The van der Waals surface area contributed by atoms with Gasteiger partial charge in [0.1, 0.15) is 8.07 Å². The van der Waals surface area contributed by atoms with Crippen molar-refractivity contribution in [1.29, 1.82) is 0 Å². The first-order valence-corrected chi connectivity index (χ1v) is 12.4. The molecule has 0 fully saturated rings. The second-order valence-corrected chi connectivity index (χ2v) is 12.5. The first-order chi connectivity index (χ1) is 10.1. The van der Waals surface area contributed by atoms with Crippen LogP contribution in [0.1, 0.15) is 13.8 Å². The van der Waals surface area contributed by atoms with Crippen LogP contribution in [0.25, 0.3) is 9.75 Å². The standard InChI is InChI=1S/C17H25NS2Si/c1-5-18(6-2)12-8-14-21(3,4)17-11-10-16(20-17)15-9-7-13-19-15/h7-11,13-14H,5-6,12H2,1-4H3/b14-8+. The molecule has 0 aliphatic heterocycles. The van der Waals surface area contributed by atoms with Crippen LogP contribution in [0.4, 0.5) is 0 Å². The van der Waals surface area contributed by atoms with Gasteiger partial charge >= 0.3 is 0 Å². The van der Waals surface area contributed by atoms with Gasteiger partial charge in [-0.3, -0.25) is 0 Å². The maximum absolute atomic E-state index is 2.50. The van der Waals surface area contributed by atoms with Crippen molar-refractivity contribution < 1.29 is 0 Å². The maximum atomic E-state index is 2.50. The molecule has 0 N–H and O–H groups in total. The van der Waals surface area contributed by atoms with Crippen LogP contribution < -0.4 is 4.50 Å². The SMILES string of the molecule is CCN(CC)C/C=C/[Si](C)(C)c1ccc(-c2cccs2)s1. The van der Waals surface area contributed by atoms with E-state index in [9.17, 15) is 0 Å². The van der Waals surface area contributed by atoms with Gasteiger partial charge in [0.2, 0.25) is 0 Å². The van der Waals surface area contributed by atoms with E-state index >= 15 is 0 Å². The summed E-state index contributed by atoms with van der Waals surface area (Å²) in [5.41, 5.74) is 2.50. The van der Waals surface area contributed by atoms with Gasteiger partial charge in [0.05, 0.1) is 0 Å². The minimum absolute atomic E-state index is 1.08. The predicted octanol–water partition coefficient (Wildman–Crippen LogP) is 4.83. The Morgan fingerprint density at radius 2 is 1.86 bits per heavy atom. The van der Waals surface area contributed by atoms with Crippen LogP contribution in [-0.2, 0) is 0 Å². The highest BCUT2D eigenvalue weighted by atomic mass is 32.1. The Hall–Kier alpha value is -0.683. The Balaban J connectivity index is 2.07. The molecule has 0 atom stereocenters. The molecule has 1 nitrogen and oxygen atoms in total. The van der Waals surface area contributed by atoms with Crippen LogP contribution in [0, 0.1) is 0 Å². The van der Waals surface area contributed by atoms with Crippen molar-refractivity contribution in [2.75, 3.05) is 19.6 Å². The molecule has 2 aromatic heterocycles. The van der Waals surface area contributed by atoms with Crippen LogP contribution >= 0.6 is 22.7 Å². The summed E-state index contributed by atoms with van der Waals surface area (Å²) in [6.07, 6.45) is 2.38. The zero-order valence-corrected chi connectivity index (χ0v) is 16.1. The number of hydrogen-bond acceptors (Lipinski definition) is 3. The Morgan fingerprint density at radius 3 is 2.48 bits per heavy atom. The van der Waals surface area contributed by atoms with Crippen molar-refractivity contribution in [1.82, 2.24) is 4.90 Å². The third kappa shape index (κ3) is 4.39. The summed E-state index contributed by atoms with van der Waals surface area (Å²) in [6.45, 7) is 12.7. The van der Waals surface area contributed by atoms with Gasteiger partial charge in [-0.1, -0.05) is 50.8 Å². The fourth-order valence-electron chi connectivity index (χ4n) is 2.30. The maximum Gasteiger partial charge on any atom is 0.116 e. The largest absolute Gasteiger partial charge is 0.300 e. The van der Waals surface area contributed by atoms with Crippen LogP contribution in [0.2, 0.25) is 13.1 Å². The van der Waals surface area contributed by atoms with Crippen molar-refractivity contribution >= 4 is 35.2 Å². The van der Waals surface area contributed by atoms with E-state index in [1.807, 2.05) is 22.7 Å². The van der Waals surface area contributed by atoms with E-state index in [2.05, 4.69) is 73.3 Å². The lowest BCUT2D eigenvalue weighted by atomic mass is 10.4. The second kappa shape index (κ2) is 7.54. The van der Waals surface area contributed by atoms with Gasteiger partial charge in [-0.25, -0.2) is 0 Å². The molecule has 0 saturated heterocycles. The molecule has 0 amide bonds. The van der Waals surface area contributed by atoms with E-state index in [0.717, 1.165) is 19.6 Å². The molecule has 0 spiro atoms. The number of thiophene rings is 2. The third-order valence-corrected chi connectivity index (χ3v) is 10.2. The molecular weight excluding hydrogens is 310 g/mol. The van der Waals surface area contributed by atoms with Crippen LogP contribution in [0.5, 0.6) is 0 Å². The van der Waals surface area contributed by atoms with E-state index in [1.54, 1.807) is 4.50 Å². The number of hydrogen-bond donors (Lipinski definition) is 0. The van der Waals surface area contributed by atoms with Crippen LogP contribution in [0.15, 0.2) is 41.4 Å². The average molecular weight is 336 g/mol. The third-order valence-electron chi connectivity index (χ3n) is 3.80. The molecule has 2 rings (SSSR count). The topological polar surface area (TPSA) is 3.24 Å². The molecule has 0 bridgehead atoms. The summed E-state index contributed by atoms with van der Waals surface area (Å²) in [5.74, 6) is 0. The van der Waals surface area contributed by atoms with E-state index in [0.29, 0.717) is 0 Å². The highest BCUT2D eigenvalue weighted by Gasteiger charge is 2.22. The Bertz CT molecular complexity index is 565. The number of nitrogens with zero attached hydrogens (tertiary/aromatic N) is 1. The van der Waals surface area contributed by atoms with Crippen molar-refractivity contribution in [2.24, 2.45) is 0 Å². The number of rotatable bonds is 7. The zero-order valence-electron chi connectivity index (χ0n) is 13.4. The molecule has 0 unspecified atom stereocenters. The molecule has 0 radical (unpaired) electrons. The highest BCUT2D eigenvalue weighted by molar-refractivity contribution is 7.31. The lowest BCUT2D eigenvalue weighted by Crippen LogP contribution is -2.37. The summed E-state index contributed by atoms with van der Waals surface area (Å²) in [6, 6.07) is 8.98. The van der Waals surface area contributed by atoms with Crippen LogP contribution in [-0.4, -0.2) is 32.6 Å². The first kappa shape index (κ1) is 16.7. The molecule has 4 heteroatoms. The predicted molar refractivity (Wildman–Crippen MR) is 102 cm³/mol. The summed E-state index contributed by atoms with van der Waals surface area (Å²) >= 11 is 3.80. The molecule has 21 heavy (non-hydrogen) atoms. The van der Waals surface area contributed by atoms with Crippen molar-refractivity contribution in [2.45, 2.75) is 26.9 Å². The number of likely N-dealkylation sites (N-methyl/N-ethyl adjacent to an activating group) is 1. The van der Waals surface area contributed by atoms with Gasteiger partial charge in [0.15, 0.2) is 0 Å². The lowest BCUT2D eigenvalue weighted by molar-refractivity contribution is 0.337. The van der Waals surface area contributed by atoms with E-state index in [1.165, 1.54) is 9.75 Å². The van der Waals surface area contributed by atoms with E-state index in [4.69, 9.17) is 0 Å². The summed E-state index contributed by atoms with van der Waals surface area (Å²) in [4.78, 5) is 5.26. The summed E-state index contributed by atoms with van der Waals surface area (Å²) in [5, 5.41) is 2.15. The minimum atomic E-state index is -1.45. The first-order valence-electron chi connectivity index (χ1n) is 7.61. The fourth-order valence-corrected chi connectivity index (χ4v) is 6.85. The average Bonchev–Trinajstić information content (AvgIpc) is 3.13. The Kier molecular flexibility index (Phi) is 5.99. The quantitative estimate of drug-likeness (QED) is 0.655. The smallest absolute Gasteiger partial charge is 0.116 e. The van der Waals surface area contributed by atoms with Gasteiger partial charge in [0, 0.05) is 16.3 Å². The minimum Gasteiger partial charge on any atom is -0.300 e. The van der Waals surface area contributed by atoms with Crippen molar-refractivity contribution in [3.63, 3.8) is 0 Å². The summed E-state index contributed by atoms with van der Waals surface area (Å²) < 4.78 is 1.57. The zero-order chi connectivity index (χ0) is 15.3. The lowest BCUT2D eigenvalue weighted by Gasteiger charge is -2.18. The van der Waals surface area contributed by atoms with Crippen molar-refractivity contribution in [3.8, 4) is 9.75 Å². The fraction of sp³-hybridized carbons (Fsp3) is 0.412. The van der Waals surface area contributed by atoms with Gasteiger partial charge in [-0.2, -0.15) is 0 Å². The molecule has 114 valence electrons.